The fraction of sp³-hybridized carbons (Fsp3) is 0.0556. The van der Waals surface area contributed by atoms with Gasteiger partial charge in [-0.2, -0.15) is 0 Å². The summed E-state index contributed by atoms with van der Waals surface area (Å²) in [4.78, 5) is 5.25. The molecule has 0 radical (unpaired) electrons. The van der Waals surface area contributed by atoms with Crippen molar-refractivity contribution in [2.75, 3.05) is 0 Å². The van der Waals surface area contributed by atoms with Crippen LogP contribution in [0.5, 0.6) is 0 Å². The number of rotatable bonds is 5. The van der Waals surface area contributed by atoms with E-state index in [2.05, 4.69) is 213 Å². The average Bonchev–Trinajstić information content (AvgIpc) is 3.72. The minimum atomic E-state index is -0.158. The minimum absolute atomic E-state index is 0.158. The fourth-order valence-electron chi connectivity index (χ4n) is 9.36. The van der Waals surface area contributed by atoms with Crippen molar-refractivity contribution >= 4 is 32.6 Å². The van der Waals surface area contributed by atoms with Crippen molar-refractivity contribution < 1.29 is 0 Å². The van der Waals surface area contributed by atoms with E-state index in [1.165, 1.54) is 66.0 Å². The zero-order chi connectivity index (χ0) is 37.4. The van der Waals surface area contributed by atoms with Gasteiger partial charge in [-0.3, -0.25) is 0 Å². The molecule has 11 rings (SSSR count). The van der Waals surface area contributed by atoms with Crippen molar-refractivity contribution in [2.45, 2.75) is 19.3 Å². The summed E-state index contributed by atoms with van der Waals surface area (Å²) in [5.74, 6) is 0. The Labute approximate surface area is 327 Å². The Kier molecular flexibility index (Phi) is 7.24. The summed E-state index contributed by atoms with van der Waals surface area (Å²) in [6.07, 6.45) is 0. The number of aromatic nitrogens is 2. The monoisotopic (exact) mass is 714 g/mol. The molecule has 2 nitrogen and oxygen atoms in total. The molecule has 1 aliphatic carbocycles. The molecule has 0 saturated heterocycles. The molecule has 0 bridgehead atoms. The van der Waals surface area contributed by atoms with Gasteiger partial charge in [-0.1, -0.05) is 159 Å². The van der Waals surface area contributed by atoms with E-state index >= 15 is 0 Å². The first-order valence-corrected chi connectivity index (χ1v) is 19.5. The van der Waals surface area contributed by atoms with Gasteiger partial charge >= 0.3 is 0 Å². The van der Waals surface area contributed by atoms with E-state index in [1.807, 2.05) is 0 Å². The van der Waals surface area contributed by atoms with Crippen LogP contribution in [-0.2, 0) is 5.41 Å². The molecule has 0 fully saturated rings. The summed E-state index contributed by atoms with van der Waals surface area (Å²) in [6, 6.07) is 70.8. The van der Waals surface area contributed by atoms with Gasteiger partial charge in [-0.05, 0) is 104 Å². The highest BCUT2D eigenvalue weighted by atomic mass is 15.0. The first-order chi connectivity index (χ1) is 27.5. The molecule has 2 heterocycles. The Hall–Kier alpha value is -7.03. The standard InChI is InChI=1S/C54H38N2/c1-54(2)47-26-14-11-25-45(47)52-46(32-37-21-9-10-22-42(37)53(52)54)40-29-38(30-41(31-40)56-50-27-15-12-23-43(50)44-24-13-16-28-51(44)56)39-33-48(35-17-5-3-6-18-35)55-49(34-39)36-19-7-4-8-20-36/h3-34H,1-2H3. The quantitative estimate of drug-likeness (QED) is 0.174. The maximum atomic E-state index is 5.25. The summed E-state index contributed by atoms with van der Waals surface area (Å²) in [6.45, 7) is 4.78. The largest absolute Gasteiger partial charge is 0.309 e. The van der Waals surface area contributed by atoms with Gasteiger partial charge in [0.1, 0.15) is 0 Å². The average molecular weight is 715 g/mol. The molecule has 1 aliphatic rings. The SMILES string of the molecule is CC1(C)c2ccccc2-c2c(-c3cc(-c4cc(-c5ccccc5)nc(-c5ccccc5)c4)cc(-n4c5ccccc5c5ccccc54)c3)cc3ccccc3c21. The second-order valence-electron chi connectivity index (χ2n) is 15.6. The van der Waals surface area contributed by atoms with Gasteiger partial charge in [0.25, 0.3) is 0 Å². The second-order valence-corrected chi connectivity index (χ2v) is 15.6. The second kappa shape index (κ2) is 12.5. The van der Waals surface area contributed by atoms with Crippen LogP contribution in [-0.4, -0.2) is 9.55 Å². The summed E-state index contributed by atoms with van der Waals surface area (Å²) < 4.78 is 2.45. The van der Waals surface area contributed by atoms with Crippen molar-refractivity contribution in [3.63, 3.8) is 0 Å². The molecule has 264 valence electrons. The predicted octanol–water partition coefficient (Wildman–Crippen LogP) is 14.3. The molecule has 56 heavy (non-hydrogen) atoms. The van der Waals surface area contributed by atoms with E-state index in [-0.39, 0.29) is 5.41 Å². The van der Waals surface area contributed by atoms with Crippen molar-refractivity contribution in [1.82, 2.24) is 9.55 Å². The smallest absolute Gasteiger partial charge is 0.0715 e. The molecule has 0 aliphatic heterocycles. The lowest BCUT2D eigenvalue weighted by Crippen LogP contribution is -2.15. The summed E-state index contributed by atoms with van der Waals surface area (Å²) in [5.41, 5.74) is 17.6. The number of hydrogen-bond donors (Lipinski definition) is 0. The lowest BCUT2D eigenvalue weighted by Gasteiger charge is -2.24. The van der Waals surface area contributed by atoms with Crippen molar-refractivity contribution in [3.8, 4) is 61.6 Å². The lowest BCUT2D eigenvalue weighted by atomic mass is 9.79. The van der Waals surface area contributed by atoms with Crippen LogP contribution >= 0.6 is 0 Å². The number of para-hydroxylation sites is 2. The Morgan fingerprint density at radius 2 is 0.929 bits per heavy atom. The van der Waals surface area contributed by atoms with Gasteiger partial charge in [0.05, 0.1) is 22.4 Å². The number of nitrogens with zero attached hydrogens (tertiary/aromatic N) is 2. The molecular formula is C54H38N2. The van der Waals surface area contributed by atoms with Crippen molar-refractivity contribution in [3.05, 3.63) is 205 Å². The Balaban J connectivity index is 1.26. The van der Waals surface area contributed by atoms with Gasteiger partial charge in [0.2, 0.25) is 0 Å². The van der Waals surface area contributed by atoms with Crippen LogP contribution in [0, 0.1) is 0 Å². The Morgan fingerprint density at radius 1 is 0.411 bits per heavy atom. The summed E-state index contributed by atoms with van der Waals surface area (Å²) >= 11 is 0. The van der Waals surface area contributed by atoms with Gasteiger partial charge in [-0.15, -0.1) is 0 Å². The van der Waals surface area contributed by atoms with E-state index in [4.69, 9.17) is 4.98 Å². The van der Waals surface area contributed by atoms with Crippen LogP contribution in [0.4, 0.5) is 0 Å². The molecule has 8 aromatic carbocycles. The Morgan fingerprint density at radius 3 is 1.59 bits per heavy atom. The molecule has 2 heteroatoms. The number of pyridine rings is 1. The highest BCUT2D eigenvalue weighted by Gasteiger charge is 2.38. The zero-order valence-corrected chi connectivity index (χ0v) is 31.4. The highest BCUT2D eigenvalue weighted by molar-refractivity contribution is 6.10. The summed E-state index contributed by atoms with van der Waals surface area (Å²) in [7, 11) is 0. The molecule has 0 N–H and O–H groups in total. The molecule has 0 amide bonds. The van der Waals surface area contributed by atoms with E-state index < -0.39 is 0 Å². The first kappa shape index (κ1) is 32.4. The Bertz CT molecular complexity index is 3040. The van der Waals surface area contributed by atoms with Gasteiger partial charge in [0.15, 0.2) is 0 Å². The predicted molar refractivity (Wildman–Crippen MR) is 235 cm³/mol. The van der Waals surface area contributed by atoms with E-state index in [0.717, 1.165) is 39.3 Å². The maximum absolute atomic E-state index is 5.25. The third kappa shape index (κ3) is 4.99. The first-order valence-electron chi connectivity index (χ1n) is 19.5. The molecule has 0 spiro atoms. The number of fused-ring (bicyclic) bond motifs is 8. The van der Waals surface area contributed by atoms with Crippen LogP contribution in [0.3, 0.4) is 0 Å². The maximum Gasteiger partial charge on any atom is 0.0715 e. The molecular weight excluding hydrogens is 677 g/mol. The van der Waals surface area contributed by atoms with Crippen molar-refractivity contribution in [1.29, 1.82) is 0 Å². The third-order valence-corrected chi connectivity index (χ3v) is 11.9. The lowest BCUT2D eigenvalue weighted by molar-refractivity contribution is 0.666. The number of benzene rings is 8. The molecule has 0 saturated carbocycles. The van der Waals surface area contributed by atoms with Crippen LogP contribution < -0.4 is 0 Å². The summed E-state index contributed by atoms with van der Waals surface area (Å²) in [5, 5.41) is 5.07. The molecule has 0 atom stereocenters. The van der Waals surface area contributed by atoms with Gasteiger partial charge in [0, 0.05) is 33.0 Å². The molecule has 10 aromatic rings. The van der Waals surface area contributed by atoms with E-state index in [1.54, 1.807) is 0 Å². The number of hydrogen-bond acceptors (Lipinski definition) is 1. The van der Waals surface area contributed by atoms with Crippen molar-refractivity contribution in [2.24, 2.45) is 0 Å². The molecule has 2 aromatic heterocycles. The van der Waals surface area contributed by atoms with E-state index in [9.17, 15) is 0 Å². The van der Waals surface area contributed by atoms with Crippen LogP contribution in [0.25, 0.3) is 94.2 Å². The minimum Gasteiger partial charge on any atom is -0.309 e. The normalized spacial score (nSPS) is 13.0. The van der Waals surface area contributed by atoms with E-state index in [0.29, 0.717) is 0 Å². The highest BCUT2D eigenvalue weighted by Crippen LogP contribution is 2.55. The topological polar surface area (TPSA) is 17.8 Å². The van der Waals surface area contributed by atoms with Gasteiger partial charge in [-0.25, -0.2) is 4.98 Å². The molecule has 0 unspecified atom stereocenters. The van der Waals surface area contributed by atoms with Gasteiger partial charge < -0.3 is 4.57 Å². The third-order valence-electron chi connectivity index (χ3n) is 11.9. The van der Waals surface area contributed by atoms with Crippen LogP contribution in [0.15, 0.2) is 194 Å². The van der Waals surface area contributed by atoms with Crippen LogP contribution in [0.2, 0.25) is 0 Å². The van der Waals surface area contributed by atoms with Crippen LogP contribution in [0.1, 0.15) is 25.0 Å². The fourth-order valence-corrected chi connectivity index (χ4v) is 9.36. The zero-order valence-electron chi connectivity index (χ0n) is 31.4.